The maximum Gasteiger partial charge on any atom is 0.258 e. The summed E-state index contributed by atoms with van der Waals surface area (Å²) in [6.45, 7) is 6.64. The van der Waals surface area contributed by atoms with Gasteiger partial charge in [0, 0.05) is 25.7 Å². The largest absolute Gasteiger partial charge is 0.494 e. The molecule has 2 aromatic rings. The molecule has 0 aliphatic rings. The van der Waals surface area contributed by atoms with Crippen molar-refractivity contribution in [2.75, 3.05) is 31.2 Å². The van der Waals surface area contributed by atoms with Crippen molar-refractivity contribution in [1.29, 1.82) is 0 Å². The molecule has 0 atom stereocenters. The van der Waals surface area contributed by atoms with E-state index in [1.165, 1.54) is 6.92 Å². The third kappa shape index (κ3) is 6.66. The smallest absolute Gasteiger partial charge is 0.258 e. The van der Waals surface area contributed by atoms with Crippen molar-refractivity contribution in [1.82, 2.24) is 5.32 Å². The van der Waals surface area contributed by atoms with Gasteiger partial charge in [0.15, 0.2) is 6.61 Å². The molecule has 6 heteroatoms. The van der Waals surface area contributed by atoms with E-state index in [1.54, 1.807) is 4.90 Å². The van der Waals surface area contributed by atoms with Crippen LogP contribution in [-0.2, 0) is 9.59 Å². The first-order valence-electron chi connectivity index (χ1n) is 8.96. The van der Waals surface area contributed by atoms with Crippen molar-refractivity contribution in [2.24, 2.45) is 0 Å². The minimum Gasteiger partial charge on any atom is -0.494 e. The highest BCUT2D eigenvalue weighted by molar-refractivity contribution is 5.91. The number of amides is 2. The van der Waals surface area contributed by atoms with Crippen molar-refractivity contribution in [3.05, 3.63) is 54.1 Å². The quantitative estimate of drug-likeness (QED) is 0.737. The van der Waals surface area contributed by atoms with Crippen LogP contribution in [0.4, 0.5) is 5.69 Å². The molecule has 0 fully saturated rings. The molecule has 0 saturated heterocycles. The van der Waals surface area contributed by atoms with Gasteiger partial charge in [-0.05, 0) is 50.2 Å². The second-order valence-corrected chi connectivity index (χ2v) is 6.05. The minimum atomic E-state index is -0.231. The summed E-state index contributed by atoms with van der Waals surface area (Å²) in [5.74, 6) is 1.08. The number of nitrogens with one attached hydrogen (secondary N) is 1. The molecule has 2 aromatic carbocycles. The normalized spacial score (nSPS) is 10.2. The Morgan fingerprint density at radius 3 is 2.15 bits per heavy atom. The molecule has 0 bridgehead atoms. The van der Waals surface area contributed by atoms with Gasteiger partial charge < -0.3 is 19.7 Å². The fraction of sp³-hybridized carbons (Fsp3) is 0.333. The van der Waals surface area contributed by atoms with Crippen LogP contribution in [-0.4, -0.2) is 38.1 Å². The van der Waals surface area contributed by atoms with Crippen molar-refractivity contribution in [3.8, 4) is 11.5 Å². The summed E-state index contributed by atoms with van der Waals surface area (Å²) in [6, 6.07) is 14.8. The fourth-order valence-electron chi connectivity index (χ4n) is 2.50. The molecular formula is C21H26N2O4. The summed E-state index contributed by atoms with van der Waals surface area (Å²) in [4.78, 5) is 25.5. The van der Waals surface area contributed by atoms with Crippen LogP contribution in [0.1, 0.15) is 19.4 Å². The standard InChI is InChI=1S/C21H26N2O4/c1-4-26-19-11-7-18(8-12-19)23(17(3)24)14-13-22-21(25)15-27-20-9-5-16(2)6-10-20/h5-12H,4,13-15H2,1-3H3,(H,22,25). The Balaban J connectivity index is 1.80. The maximum atomic E-state index is 11.9. The number of aryl methyl sites for hydroxylation is 1. The van der Waals surface area contributed by atoms with Crippen LogP contribution in [0, 0.1) is 6.92 Å². The van der Waals surface area contributed by atoms with Crippen LogP contribution in [0.5, 0.6) is 11.5 Å². The molecule has 0 spiro atoms. The lowest BCUT2D eigenvalue weighted by atomic mass is 10.2. The van der Waals surface area contributed by atoms with Crippen molar-refractivity contribution < 1.29 is 19.1 Å². The average molecular weight is 370 g/mol. The third-order valence-electron chi connectivity index (χ3n) is 3.89. The van der Waals surface area contributed by atoms with Crippen molar-refractivity contribution in [3.63, 3.8) is 0 Å². The summed E-state index contributed by atoms with van der Waals surface area (Å²) in [5, 5.41) is 2.77. The van der Waals surface area contributed by atoms with Gasteiger partial charge >= 0.3 is 0 Å². The van der Waals surface area contributed by atoms with E-state index in [0.717, 1.165) is 17.0 Å². The Hall–Kier alpha value is -3.02. The molecule has 0 aliphatic carbocycles. The van der Waals surface area contributed by atoms with Gasteiger partial charge in [0.2, 0.25) is 5.91 Å². The molecule has 0 unspecified atom stereocenters. The number of rotatable bonds is 9. The predicted octanol–water partition coefficient (Wildman–Crippen LogP) is 2.94. The first-order chi connectivity index (χ1) is 13.0. The number of hydrogen-bond donors (Lipinski definition) is 1. The number of anilines is 1. The van der Waals surface area contributed by atoms with Gasteiger partial charge in [-0.15, -0.1) is 0 Å². The predicted molar refractivity (Wildman–Crippen MR) is 105 cm³/mol. The van der Waals surface area contributed by atoms with E-state index in [9.17, 15) is 9.59 Å². The molecule has 2 rings (SSSR count). The molecule has 1 N–H and O–H groups in total. The van der Waals surface area contributed by atoms with Gasteiger partial charge in [-0.25, -0.2) is 0 Å². The lowest BCUT2D eigenvalue weighted by Gasteiger charge is -2.21. The van der Waals surface area contributed by atoms with E-state index in [2.05, 4.69) is 5.32 Å². The molecule has 144 valence electrons. The zero-order valence-electron chi connectivity index (χ0n) is 16.0. The summed E-state index contributed by atoms with van der Waals surface area (Å²) in [7, 11) is 0. The highest BCUT2D eigenvalue weighted by Crippen LogP contribution is 2.19. The number of nitrogens with zero attached hydrogens (tertiary/aromatic N) is 1. The van der Waals surface area contributed by atoms with Crippen LogP contribution in [0.25, 0.3) is 0 Å². The number of hydrogen-bond acceptors (Lipinski definition) is 4. The Bertz CT molecular complexity index is 742. The molecule has 27 heavy (non-hydrogen) atoms. The van der Waals surface area contributed by atoms with Gasteiger partial charge in [0.05, 0.1) is 6.61 Å². The second-order valence-electron chi connectivity index (χ2n) is 6.05. The zero-order chi connectivity index (χ0) is 19.6. The highest BCUT2D eigenvalue weighted by atomic mass is 16.5. The topological polar surface area (TPSA) is 67.9 Å². The van der Waals surface area contributed by atoms with E-state index in [4.69, 9.17) is 9.47 Å². The first-order valence-corrected chi connectivity index (χ1v) is 8.96. The van der Waals surface area contributed by atoms with Crippen molar-refractivity contribution in [2.45, 2.75) is 20.8 Å². The van der Waals surface area contributed by atoms with E-state index < -0.39 is 0 Å². The van der Waals surface area contributed by atoms with Gasteiger partial charge in [0.1, 0.15) is 11.5 Å². The van der Waals surface area contributed by atoms with E-state index >= 15 is 0 Å². The number of benzene rings is 2. The SMILES string of the molecule is CCOc1ccc(N(CCNC(=O)COc2ccc(C)cc2)C(C)=O)cc1. The zero-order valence-corrected chi connectivity index (χ0v) is 16.0. The Labute approximate surface area is 160 Å². The molecule has 0 aliphatic heterocycles. The summed E-state index contributed by atoms with van der Waals surface area (Å²) < 4.78 is 10.9. The van der Waals surface area contributed by atoms with Crippen LogP contribution >= 0.6 is 0 Å². The number of carbonyl (C=O) groups is 2. The molecule has 0 saturated carbocycles. The molecule has 2 amide bonds. The van der Waals surface area contributed by atoms with Gasteiger partial charge in [-0.3, -0.25) is 9.59 Å². The lowest BCUT2D eigenvalue weighted by molar-refractivity contribution is -0.123. The van der Waals surface area contributed by atoms with Crippen LogP contribution in [0.15, 0.2) is 48.5 Å². The monoisotopic (exact) mass is 370 g/mol. The summed E-state index contributed by atoms with van der Waals surface area (Å²) in [5.41, 5.74) is 1.89. The van der Waals surface area contributed by atoms with Crippen LogP contribution in [0.3, 0.4) is 0 Å². The lowest BCUT2D eigenvalue weighted by Crippen LogP contribution is -2.39. The van der Waals surface area contributed by atoms with E-state index in [1.807, 2.05) is 62.4 Å². The number of carbonyl (C=O) groups excluding carboxylic acids is 2. The third-order valence-corrected chi connectivity index (χ3v) is 3.89. The summed E-state index contributed by atoms with van der Waals surface area (Å²) in [6.07, 6.45) is 0. The van der Waals surface area contributed by atoms with Crippen molar-refractivity contribution >= 4 is 17.5 Å². The van der Waals surface area contributed by atoms with Gasteiger partial charge in [0.25, 0.3) is 5.91 Å². The molecule has 6 nitrogen and oxygen atoms in total. The van der Waals surface area contributed by atoms with Crippen LogP contribution in [0.2, 0.25) is 0 Å². The van der Waals surface area contributed by atoms with Gasteiger partial charge in [-0.2, -0.15) is 0 Å². The van der Waals surface area contributed by atoms with E-state index in [-0.39, 0.29) is 18.4 Å². The van der Waals surface area contributed by atoms with Crippen LogP contribution < -0.4 is 19.7 Å². The van der Waals surface area contributed by atoms with E-state index in [0.29, 0.717) is 25.4 Å². The molecule has 0 heterocycles. The molecular weight excluding hydrogens is 344 g/mol. The second kappa shape index (κ2) is 10.2. The molecule has 0 radical (unpaired) electrons. The summed E-state index contributed by atoms with van der Waals surface area (Å²) >= 11 is 0. The van der Waals surface area contributed by atoms with Gasteiger partial charge in [-0.1, -0.05) is 17.7 Å². The number of ether oxygens (including phenoxy) is 2. The maximum absolute atomic E-state index is 11.9. The Morgan fingerprint density at radius 2 is 1.56 bits per heavy atom. The highest BCUT2D eigenvalue weighted by Gasteiger charge is 2.12. The first kappa shape index (κ1) is 20.3. The Morgan fingerprint density at radius 1 is 0.963 bits per heavy atom. The fourth-order valence-corrected chi connectivity index (χ4v) is 2.50. The Kier molecular flexibility index (Phi) is 7.67. The molecule has 0 aromatic heterocycles. The minimum absolute atomic E-state index is 0.0633. The average Bonchev–Trinajstić information content (AvgIpc) is 2.65.